The van der Waals surface area contributed by atoms with E-state index in [1.807, 2.05) is 60.7 Å². The third-order valence-electron chi connectivity index (χ3n) is 6.20. The summed E-state index contributed by atoms with van der Waals surface area (Å²) >= 11 is 0. The van der Waals surface area contributed by atoms with Crippen LogP contribution >= 0.6 is 0 Å². The summed E-state index contributed by atoms with van der Waals surface area (Å²) in [5.74, 6) is 1.96. The molecule has 0 aliphatic carbocycles. The number of amides is 1. The van der Waals surface area contributed by atoms with Crippen LogP contribution in [0.1, 0.15) is 21.6 Å². The molecule has 0 saturated heterocycles. The van der Waals surface area contributed by atoms with Crippen molar-refractivity contribution in [2.45, 2.75) is 13.1 Å². The predicted molar refractivity (Wildman–Crippen MR) is 131 cm³/mol. The standard InChI is InChI=1S/C27H25N3O4/c1-32-18-10-7-16(8-11-18)14-30-15-21-24(27(30)31)25(28)20-6-4-5-19(26(20)29-21)17-9-12-22(33-2)23(13-17)34-3/h4-13H,14-15H2,1-3H3,(H2,28,29). The highest BCUT2D eigenvalue weighted by molar-refractivity contribution is 6.11. The van der Waals surface area contributed by atoms with Gasteiger partial charge in [0.25, 0.3) is 5.91 Å². The molecule has 1 aliphatic heterocycles. The average molecular weight is 456 g/mol. The number of hydrogen-bond donors (Lipinski definition) is 1. The highest BCUT2D eigenvalue weighted by atomic mass is 16.5. The quantitative estimate of drug-likeness (QED) is 0.455. The number of carbonyl (C=O) groups excluding carboxylic acids is 1. The number of hydrogen-bond acceptors (Lipinski definition) is 6. The number of nitrogen functional groups attached to an aromatic ring is 1. The van der Waals surface area contributed by atoms with Crippen molar-refractivity contribution in [3.05, 3.63) is 77.5 Å². The zero-order valence-corrected chi connectivity index (χ0v) is 19.3. The van der Waals surface area contributed by atoms with E-state index < -0.39 is 0 Å². The van der Waals surface area contributed by atoms with E-state index in [4.69, 9.17) is 24.9 Å². The zero-order valence-electron chi connectivity index (χ0n) is 19.3. The van der Waals surface area contributed by atoms with E-state index >= 15 is 0 Å². The molecule has 2 N–H and O–H groups in total. The van der Waals surface area contributed by atoms with Crippen LogP contribution < -0.4 is 19.9 Å². The number of methoxy groups -OCH3 is 3. The van der Waals surface area contributed by atoms with Gasteiger partial charge >= 0.3 is 0 Å². The van der Waals surface area contributed by atoms with E-state index in [0.717, 1.165) is 33.3 Å². The molecule has 0 unspecified atom stereocenters. The molecule has 0 atom stereocenters. The Hall–Kier alpha value is -4.26. The number of benzene rings is 3. The summed E-state index contributed by atoms with van der Waals surface area (Å²) in [6.45, 7) is 0.873. The average Bonchev–Trinajstić information content (AvgIpc) is 3.18. The van der Waals surface area contributed by atoms with Gasteiger partial charge in [0.05, 0.1) is 50.3 Å². The highest BCUT2D eigenvalue weighted by Crippen LogP contribution is 2.39. The molecule has 0 radical (unpaired) electrons. The predicted octanol–water partition coefficient (Wildman–Crippen LogP) is 4.67. The molecule has 0 fully saturated rings. The Morgan fingerprint density at radius 2 is 1.71 bits per heavy atom. The number of carbonyl (C=O) groups is 1. The first-order chi connectivity index (χ1) is 16.5. The summed E-state index contributed by atoms with van der Waals surface area (Å²) in [6, 6.07) is 19.3. The second kappa shape index (κ2) is 8.59. The fourth-order valence-corrected chi connectivity index (χ4v) is 4.44. The number of fused-ring (bicyclic) bond motifs is 2. The SMILES string of the molecule is COc1ccc(CN2Cc3nc4c(-c5ccc(OC)c(OC)c5)cccc4c(N)c3C2=O)cc1. The fourth-order valence-electron chi connectivity index (χ4n) is 4.44. The number of pyridine rings is 1. The normalized spacial score (nSPS) is 12.7. The van der Waals surface area contributed by atoms with Crippen molar-refractivity contribution in [3.8, 4) is 28.4 Å². The molecule has 7 nitrogen and oxygen atoms in total. The number of rotatable bonds is 6. The summed E-state index contributed by atoms with van der Waals surface area (Å²) < 4.78 is 16.1. The van der Waals surface area contributed by atoms with Gasteiger partial charge in [0, 0.05) is 17.5 Å². The largest absolute Gasteiger partial charge is 0.497 e. The van der Waals surface area contributed by atoms with Gasteiger partial charge in [-0.1, -0.05) is 36.4 Å². The van der Waals surface area contributed by atoms with Crippen LogP contribution in [0.15, 0.2) is 60.7 Å². The molecule has 0 spiro atoms. The maximum absolute atomic E-state index is 13.2. The molecule has 0 saturated carbocycles. The highest BCUT2D eigenvalue weighted by Gasteiger charge is 2.32. The van der Waals surface area contributed by atoms with Gasteiger partial charge in [0.1, 0.15) is 5.75 Å². The third-order valence-corrected chi connectivity index (χ3v) is 6.20. The number of nitrogens with zero attached hydrogens (tertiary/aromatic N) is 2. The number of ether oxygens (including phenoxy) is 3. The smallest absolute Gasteiger partial charge is 0.258 e. The van der Waals surface area contributed by atoms with Crippen molar-refractivity contribution in [3.63, 3.8) is 0 Å². The van der Waals surface area contributed by atoms with Crippen LogP contribution in [0.3, 0.4) is 0 Å². The topological polar surface area (TPSA) is 86.9 Å². The summed E-state index contributed by atoms with van der Waals surface area (Å²) in [4.78, 5) is 19.9. The lowest BCUT2D eigenvalue weighted by atomic mass is 9.99. The third kappa shape index (κ3) is 3.55. The molecule has 5 rings (SSSR count). The van der Waals surface area contributed by atoms with E-state index in [9.17, 15) is 4.79 Å². The first-order valence-electron chi connectivity index (χ1n) is 10.9. The minimum atomic E-state index is -0.103. The van der Waals surface area contributed by atoms with E-state index in [0.29, 0.717) is 41.5 Å². The van der Waals surface area contributed by atoms with Crippen LogP contribution in [0.4, 0.5) is 5.69 Å². The van der Waals surface area contributed by atoms with E-state index in [-0.39, 0.29) is 5.91 Å². The van der Waals surface area contributed by atoms with Crippen LogP contribution in [-0.2, 0) is 13.1 Å². The van der Waals surface area contributed by atoms with Crippen LogP contribution in [-0.4, -0.2) is 37.1 Å². The molecule has 172 valence electrons. The summed E-state index contributed by atoms with van der Waals surface area (Å²) in [5, 5.41) is 0.755. The molecule has 1 aliphatic rings. The molecule has 4 aromatic rings. The Labute approximate surface area is 197 Å². The van der Waals surface area contributed by atoms with Crippen molar-refractivity contribution >= 4 is 22.5 Å². The first-order valence-corrected chi connectivity index (χ1v) is 10.9. The van der Waals surface area contributed by atoms with Gasteiger partial charge in [-0.2, -0.15) is 0 Å². The van der Waals surface area contributed by atoms with Crippen LogP contribution in [0.5, 0.6) is 17.2 Å². The fraction of sp³-hybridized carbons (Fsp3) is 0.185. The van der Waals surface area contributed by atoms with Gasteiger partial charge in [-0.15, -0.1) is 0 Å². The Balaban J connectivity index is 1.55. The number of anilines is 1. The van der Waals surface area contributed by atoms with E-state index in [1.165, 1.54) is 0 Å². The van der Waals surface area contributed by atoms with E-state index in [2.05, 4.69) is 0 Å². The second-order valence-corrected chi connectivity index (χ2v) is 8.13. The van der Waals surface area contributed by atoms with Crippen LogP contribution in [0, 0.1) is 0 Å². The van der Waals surface area contributed by atoms with Gasteiger partial charge < -0.3 is 24.8 Å². The minimum absolute atomic E-state index is 0.103. The van der Waals surface area contributed by atoms with Gasteiger partial charge in [0.15, 0.2) is 11.5 Å². The van der Waals surface area contributed by atoms with Crippen molar-refractivity contribution in [1.29, 1.82) is 0 Å². The molecule has 7 heteroatoms. The van der Waals surface area contributed by atoms with Crippen molar-refractivity contribution in [1.82, 2.24) is 9.88 Å². The number of nitrogens with two attached hydrogens (primary N) is 1. The minimum Gasteiger partial charge on any atom is -0.497 e. The summed E-state index contributed by atoms with van der Waals surface area (Å²) in [5.41, 5.74) is 11.8. The Morgan fingerprint density at radius 3 is 2.41 bits per heavy atom. The first kappa shape index (κ1) is 21.6. The van der Waals surface area contributed by atoms with Crippen molar-refractivity contribution in [2.24, 2.45) is 0 Å². The second-order valence-electron chi connectivity index (χ2n) is 8.13. The Kier molecular flexibility index (Phi) is 5.45. The van der Waals surface area contributed by atoms with Crippen molar-refractivity contribution in [2.75, 3.05) is 27.1 Å². The molecular weight excluding hydrogens is 430 g/mol. The summed E-state index contributed by atoms with van der Waals surface area (Å²) in [6.07, 6.45) is 0. The van der Waals surface area contributed by atoms with Crippen LogP contribution in [0.2, 0.25) is 0 Å². The Bertz CT molecular complexity index is 1400. The van der Waals surface area contributed by atoms with E-state index in [1.54, 1.807) is 26.2 Å². The van der Waals surface area contributed by atoms with Crippen LogP contribution in [0.25, 0.3) is 22.0 Å². The molecule has 34 heavy (non-hydrogen) atoms. The molecule has 3 aromatic carbocycles. The lowest BCUT2D eigenvalue weighted by Gasteiger charge is -2.15. The maximum atomic E-state index is 13.2. The molecule has 1 amide bonds. The van der Waals surface area contributed by atoms with Gasteiger partial charge in [0.2, 0.25) is 0 Å². The molecular formula is C27H25N3O4. The lowest BCUT2D eigenvalue weighted by Crippen LogP contribution is -2.23. The zero-order chi connectivity index (χ0) is 23.8. The number of para-hydroxylation sites is 1. The lowest BCUT2D eigenvalue weighted by molar-refractivity contribution is 0.0767. The van der Waals surface area contributed by atoms with Gasteiger partial charge in [-0.05, 0) is 35.4 Å². The van der Waals surface area contributed by atoms with Crippen molar-refractivity contribution < 1.29 is 19.0 Å². The molecule has 2 heterocycles. The van der Waals surface area contributed by atoms with Gasteiger partial charge in [-0.3, -0.25) is 4.79 Å². The maximum Gasteiger partial charge on any atom is 0.258 e. The summed E-state index contributed by atoms with van der Waals surface area (Å²) in [7, 11) is 4.84. The monoisotopic (exact) mass is 455 g/mol. The van der Waals surface area contributed by atoms with Gasteiger partial charge in [-0.25, -0.2) is 4.98 Å². The Morgan fingerprint density at radius 1 is 0.941 bits per heavy atom. The molecule has 0 bridgehead atoms. The number of aromatic nitrogens is 1. The molecule has 1 aromatic heterocycles.